The predicted octanol–water partition coefficient (Wildman–Crippen LogP) is 2.99. The third-order valence-corrected chi connectivity index (χ3v) is 3.98. The number of rotatable bonds is 5. The zero-order chi connectivity index (χ0) is 19.5. The van der Waals surface area contributed by atoms with Crippen LogP contribution in [0.5, 0.6) is 0 Å². The Labute approximate surface area is 149 Å². The number of ketones is 1. The maximum absolute atomic E-state index is 14.2. The predicted molar refractivity (Wildman–Crippen MR) is 89.6 cm³/mol. The molecule has 0 bridgehead atoms. The van der Waals surface area contributed by atoms with Crippen molar-refractivity contribution < 1.29 is 27.9 Å². The minimum Gasteiger partial charge on any atom is -0.467 e. The molecule has 0 aliphatic heterocycles. The molecule has 0 fully saturated rings. The Hall–Kier alpha value is -3.09. The number of amides is 1. The molecule has 1 N–H and O–H groups in total. The number of carbonyl (C=O) groups is 3. The lowest BCUT2D eigenvalue weighted by atomic mass is 9.90. The van der Waals surface area contributed by atoms with Crippen molar-refractivity contribution in [3.63, 3.8) is 0 Å². The lowest BCUT2D eigenvalue weighted by Crippen LogP contribution is -2.50. The summed E-state index contributed by atoms with van der Waals surface area (Å²) < 4.78 is 32.4. The van der Waals surface area contributed by atoms with Crippen LogP contribution in [0.1, 0.15) is 40.1 Å². The minimum absolute atomic E-state index is 0.141. The van der Waals surface area contributed by atoms with Gasteiger partial charge in [-0.25, -0.2) is 13.6 Å². The highest BCUT2D eigenvalue weighted by Gasteiger charge is 2.40. The Bertz CT molecular complexity index is 864. The molecule has 0 aliphatic rings. The molecule has 2 aromatic carbocycles. The van der Waals surface area contributed by atoms with Gasteiger partial charge in [0.2, 0.25) is 0 Å². The molecule has 1 amide bonds. The fourth-order valence-electron chi connectivity index (χ4n) is 2.47. The SMILES string of the molecule is COC(=O)C(C)(NC(=O)c1ccc(C(C)=O)cc1)c1cc(F)ccc1F. The van der Waals surface area contributed by atoms with E-state index in [0.29, 0.717) is 5.56 Å². The van der Waals surface area contributed by atoms with Gasteiger partial charge >= 0.3 is 5.97 Å². The summed E-state index contributed by atoms with van der Waals surface area (Å²) in [7, 11) is 1.07. The number of halogens is 2. The first kappa shape index (κ1) is 19.2. The van der Waals surface area contributed by atoms with Crippen LogP contribution < -0.4 is 5.32 Å². The molecule has 0 aliphatic carbocycles. The lowest BCUT2D eigenvalue weighted by Gasteiger charge is -2.29. The van der Waals surface area contributed by atoms with Crippen LogP contribution in [0.25, 0.3) is 0 Å². The smallest absolute Gasteiger partial charge is 0.336 e. The lowest BCUT2D eigenvalue weighted by molar-refractivity contribution is -0.148. The quantitative estimate of drug-likeness (QED) is 0.656. The Morgan fingerprint density at radius 2 is 1.58 bits per heavy atom. The second-order valence-corrected chi connectivity index (χ2v) is 5.83. The Kier molecular flexibility index (Phi) is 5.50. The van der Waals surface area contributed by atoms with Gasteiger partial charge < -0.3 is 10.1 Å². The molecule has 0 saturated carbocycles. The zero-order valence-corrected chi connectivity index (χ0v) is 14.4. The Balaban J connectivity index is 2.41. The van der Waals surface area contributed by atoms with Crippen molar-refractivity contribution in [1.82, 2.24) is 5.32 Å². The van der Waals surface area contributed by atoms with Crippen molar-refractivity contribution in [3.8, 4) is 0 Å². The molecule has 0 aromatic heterocycles. The molecule has 0 radical (unpaired) electrons. The monoisotopic (exact) mass is 361 g/mol. The molecule has 2 rings (SSSR count). The van der Waals surface area contributed by atoms with Crippen molar-refractivity contribution in [3.05, 3.63) is 70.8 Å². The maximum atomic E-state index is 14.2. The Morgan fingerprint density at radius 3 is 2.12 bits per heavy atom. The molecule has 1 atom stereocenters. The van der Waals surface area contributed by atoms with E-state index in [9.17, 15) is 23.2 Å². The van der Waals surface area contributed by atoms with Gasteiger partial charge in [0.1, 0.15) is 11.6 Å². The van der Waals surface area contributed by atoms with Crippen LogP contribution >= 0.6 is 0 Å². The third kappa shape index (κ3) is 3.77. The zero-order valence-electron chi connectivity index (χ0n) is 14.4. The van der Waals surface area contributed by atoms with Gasteiger partial charge in [0, 0.05) is 16.7 Å². The van der Waals surface area contributed by atoms with E-state index >= 15 is 0 Å². The topological polar surface area (TPSA) is 72.5 Å². The van der Waals surface area contributed by atoms with Crippen LogP contribution in [0.15, 0.2) is 42.5 Å². The van der Waals surface area contributed by atoms with Crippen molar-refractivity contribution >= 4 is 17.7 Å². The molecule has 0 spiro atoms. The standard InChI is InChI=1S/C19H17F2NO4/c1-11(23)12-4-6-13(7-5-12)17(24)22-19(2,18(25)26-3)15-10-14(20)8-9-16(15)21/h4-10H,1-3H3,(H,22,24). The highest BCUT2D eigenvalue weighted by atomic mass is 19.1. The molecule has 2 aromatic rings. The fourth-order valence-corrected chi connectivity index (χ4v) is 2.47. The summed E-state index contributed by atoms with van der Waals surface area (Å²) in [5.41, 5.74) is -1.76. The number of hydrogen-bond acceptors (Lipinski definition) is 4. The number of ether oxygens (including phenoxy) is 1. The number of nitrogens with one attached hydrogen (secondary N) is 1. The molecule has 7 heteroatoms. The Morgan fingerprint density at radius 1 is 1.00 bits per heavy atom. The van der Waals surface area contributed by atoms with Gasteiger partial charge in [-0.1, -0.05) is 12.1 Å². The van der Waals surface area contributed by atoms with Gasteiger partial charge in [0.15, 0.2) is 11.3 Å². The van der Waals surface area contributed by atoms with Gasteiger partial charge in [-0.15, -0.1) is 0 Å². The molecule has 26 heavy (non-hydrogen) atoms. The number of carbonyl (C=O) groups excluding carboxylic acids is 3. The van der Waals surface area contributed by atoms with Gasteiger partial charge in [-0.05, 0) is 44.2 Å². The molecule has 1 unspecified atom stereocenters. The van der Waals surface area contributed by atoms with Crippen molar-refractivity contribution in [2.24, 2.45) is 0 Å². The van der Waals surface area contributed by atoms with Crippen LogP contribution in [-0.2, 0) is 15.1 Å². The summed E-state index contributed by atoms with van der Waals surface area (Å²) in [5.74, 6) is -3.48. The van der Waals surface area contributed by atoms with E-state index in [0.717, 1.165) is 25.3 Å². The van der Waals surface area contributed by atoms with Crippen LogP contribution in [0, 0.1) is 11.6 Å². The molecular weight excluding hydrogens is 344 g/mol. The first-order valence-corrected chi connectivity index (χ1v) is 7.66. The number of esters is 1. The van der Waals surface area contributed by atoms with Crippen molar-refractivity contribution in [2.45, 2.75) is 19.4 Å². The summed E-state index contributed by atoms with van der Waals surface area (Å²) >= 11 is 0. The van der Waals surface area contributed by atoms with Gasteiger partial charge in [-0.3, -0.25) is 9.59 Å². The van der Waals surface area contributed by atoms with E-state index in [4.69, 9.17) is 0 Å². The van der Waals surface area contributed by atoms with Crippen LogP contribution in [0.2, 0.25) is 0 Å². The van der Waals surface area contributed by atoms with Crippen LogP contribution in [-0.4, -0.2) is 24.8 Å². The molecule has 136 valence electrons. The van der Waals surface area contributed by atoms with Gasteiger partial charge in [0.05, 0.1) is 7.11 Å². The van der Waals surface area contributed by atoms with E-state index in [1.165, 1.54) is 38.1 Å². The highest BCUT2D eigenvalue weighted by molar-refractivity contribution is 6.00. The second-order valence-electron chi connectivity index (χ2n) is 5.83. The van der Waals surface area contributed by atoms with E-state index in [1.54, 1.807) is 0 Å². The van der Waals surface area contributed by atoms with Gasteiger partial charge in [-0.2, -0.15) is 0 Å². The number of hydrogen-bond donors (Lipinski definition) is 1. The average molecular weight is 361 g/mol. The summed E-state index contributed by atoms with van der Waals surface area (Å²) in [4.78, 5) is 36.0. The van der Waals surface area contributed by atoms with Crippen LogP contribution in [0.3, 0.4) is 0 Å². The van der Waals surface area contributed by atoms with E-state index < -0.39 is 29.0 Å². The first-order valence-electron chi connectivity index (χ1n) is 7.66. The average Bonchev–Trinajstić information content (AvgIpc) is 2.62. The molecule has 5 nitrogen and oxygen atoms in total. The normalized spacial score (nSPS) is 12.8. The van der Waals surface area contributed by atoms with E-state index in [1.807, 2.05) is 0 Å². The summed E-state index contributed by atoms with van der Waals surface area (Å²) in [6.45, 7) is 2.61. The van der Waals surface area contributed by atoms with Crippen molar-refractivity contribution in [2.75, 3.05) is 7.11 Å². The number of Topliss-reactive ketones (excluding diaryl/α,β-unsaturated/α-hetero) is 1. The van der Waals surface area contributed by atoms with Crippen molar-refractivity contribution in [1.29, 1.82) is 0 Å². The highest BCUT2D eigenvalue weighted by Crippen LogP contribution is 2.26. The molecular formula is C19H17F2NO4. The second kappa shape index (κ2) is 7.43. The van der Waals surface area contributed by atoms with E-state index in [-0.39, 0.29) is 16.9 Å². The minimum atomic E-state index is -1.95. The molecule has 0 heterocycles. The van der Waals surface area contributed by atoms with Gasteiger partial charge in [0.25, 0.3) is 5.91 Å². The fraction of sp³-hybridized carbons (Fsp3) is 0.211. The number of methoxy groups -OCH3 is 1. The summed E-state index contributed by atoms with van der Waals surface area (Å²) in [6.07, 6.45) is 0. The largest absolute Gasteiger partial charge is 0.467 e. The summed E-state index contributed by atoms with van der Waals surface area (Å²) in [6, 6.07) is 8.28. The van der Waals surface area contributed by atoms with E-state index in [2.05, 4.69) is 10.1 Å². The number of benzene rings is 2. The first-order chi connectivity index (χ1) is 12.2. The van der Waals surface area contributed by atoms with Crippen LogP contribution in [0.4, 0.5) is 8.78 Å². The summed E-state index contributed by atoms with van der Waals surface area (Å²) in [5, 5.41) is 2.39. The third-order valence-electron chi connectivity index (χ3n) is 3.98. The molecule has 0 saturated heterocycles. The maximum Gasteiger partial charge on any atom is 0.336 e.